The zero-order valence-corrected chi connectivity index (χ0v) is 12.7. The van der Waals surface area contributed by atoms with E-state index in [4.69, 9.17) is 22.7 Å². The predicted octanol–water partition coefficient (Wildman–Crippen LogP) is 3.81. The van der Waals surface area contributed by atoms with Gasteiger partial charge in [0.25, 0.3) is 0 Å². The van der Waals surface area contributed by atoms with E-state index in [1.807, 2.05) is 12.1 Å². The largest absolute Gasteiger partial charge is 0.438 e. The lowest BCUT2D eigenvalue weighted by Crippen LogP contribution is -2.12. The summed E-state index contributed by atoms with van der Waals surface area (Å²) in [5.41, 5.74) is 7.67. The van der Waals surface area contributed by atoms with Crippen LogP contribution in [0.15, 0.2) is 42.6 Å². The maximum atomic E-state index is 5.76. The topological polar surface area (TPSA) is 48.1 Å². The third-order valence-electron chi connectivity index (χ3n) is 2.97. The number of hydrogen-bond donors (Lipinski definition) is 1. The summed E-state index contributed by atoms with van der Waals surface area (Å²) in [5, 5.41) is 0. The number of ether oxygens (including phenoxy) is 1. The molecule has 0 fully saturated rings. The van der Waals surface area contributed by atoms with Crippen LogP contribution in [-0.2, 0) is 5.41 Å². The van der Waals surface area contributed by atoms with Gasteiger partial charge in [-0.15, -0.1) is 0 Å². The molecule has 0 aliphatic carbocycles. The van der Waals surface area contributed by atoms with Crippen LogP contribution in [0.3, 0.4) is 0 Å². The molecule has 0 bridgehead atoms. The van der Waals surface area contributed by atoms with E-state index in [-0.39, 0.29) is 10.4 Å². The molecule has 0 amide bonds. The molecule has 3 nitrogen and oxygen atoms in total. The van der Waals surface area contributed by atoms with E-state index < -0.39 is 0 Å². The average Bonchev–Trinajstić information content (AvgIpc) is 2.38. The minimum atomic E-state index is 0.119. The first kappa shape index (κ1) is 14.5. The van der Waals surface area contributed by atoms with E-state index in [0.29, 0.717) is 17.2 Å². The van der Waals surface area contributed by atoms with Crippen LogP contribution >= 0.6 is 12.2 Å². The van der Waals surface area contributed by atoms with Crippen molar-refractivity contribution >= 4 is 17.2 Å². The molecular weight excluding hydrogens is 268 g/mol. The average molecular weight is 286 g/mol. The van der Waals surface area contributed by atoms with Crippen LogP contribution in [0.1, 0.15) is 31.9 Å². The number of thiocarbonyl (C=S) groups is 1. The first-order chi connectivity index (χ1) is 9.38. The van der Waals surface area contributed by atoms with Crippen LogP contribution in [-0.4, -0.2) is 9.97 Å². The minimum Gasteiger partial charge on any atom is -0.438 e. The van der Waals surface area contributed by atoms with Gasteiger partial charge in [-0.3, -0.25) is 0 Å². The number of benzene rings is 1. The number of aromatic nitrogens is 1. The fourth-order valence-electron chi connectivity index (χ4n) is 1.79. The Bertz CT molecular complexity index is 615. The van der Waals surface area contributed by atoms with Crippen molar-refractivity contribution in [1.82, 2.24) is 4.98 Å². The molecule has 0 saturated heterocycles. The quantitative estimate of drug-likeness (QED) is 0.872. The van der Waals surface area contributed by atoms with Crippen LogP contribution in [0.5, 0.6) is 11.6 Å². The molecule has 1 aromatic carbocycles. The van der Waals surface area contributed by atoms with Crippen molar-refractivity contribution in [3.63, 3.8) is 0 Å². The van der Waals surface area contributed by atoms with E-state index in [1.165, 1.54) is 5.56 Å². The molecule has 0 radical (unpaired) electrons. The van der Waals surface area contributed by atoms with Gasteiger partial charge < -0.3 is 10.5 Å². The van der Waals surface area contributed by atoms with Gasteiger partial charge in [-0.1, -0.05) is 45.1 Å². The van der Waals surface area contributed by atoms with E-state index in [0.717, 1.165) is 0 Å². The van der Waals surface area contributed by atoms with Crippen molar-refractivity contribution < 1.29 is 4.74 Å². The Labute approximate surface area is 124 Å². The van der Waals surface area contributed by atoms with Crippen molar-refractivity contribution in [2.45, 2.75) is 26.2 Å². The molecule has 0 atom stereocenters. The van der Waals surface area contributed by atoms with Crippen LogP contribution in [0.2, 0.25) is 0 Å². The molecule has 2 rings (SSSR count). The summed E-state index contributed by atoms with van der Waals surface area (Å²) in [5.74, 6) is 1.15. The summed E-state index contributed by atoms with van der Waals surface area (Å²) in [6.07, 6.45) is 1.65. The standard InChI is InChI=1S/C16H18N2OS/c1-16(2,3)11-6-8-12(9-7-11)19-15-13(14(17)20)5-4-10-18-15/h4-10H,1-3H3,(H2,17,20). The molecule has 104 valence electrons. The summed E-state index contributed by atoms with van der Waals surface area (Å²) >= 11 is 4.99. The summed E-state index contributed by atoms with van der Waals surface area (Å²) < 4.78 is 5.76. The second kappa shape index (κ2) is 5.59. The SMILES string of the molecule is CC(C)(C)c1ccc(Oc2ncccc2C(N)=S)cc1. The van der Waals surface area contributed by atoms with Crippen molar-refractivity contribution in [3.8, 4) is 11.6 Å². The highest BCUT2D eigenvalue weighted by molar-refractivity contribution is 7.80. The van der Waals surface area contributed by atoms with Crippen molar-refractivity contribution in [2.75, 3.05) is 0 Å². The van der Waals surface area contributed by atoms with Gasteiger partial charge in [0.15, 0.2) is 0 Å². The lowest BCUT2D eigenvalue weighted by atomic mass is 9.87. The smallest absolute Gasteiger partial charge is 0.229 e. The molecule has 1 aromatic heterocycles. The summed E-state index contributed by atoms with van der Waals surface area (Å²) in [6.45, 7) is 6.52. The highest BCUT2D eigenvalue weighted by atomic mass is 32.1. The third kappa shape index (κ3) is 3.33. The fourth-order valence-corrected chi connectivity index (χ4v) is 1.95. The molecule has 20 heavy (non-hydrogen) atoms. The lowest BCUT2D eigenvalue weighted by molar-refractivity contribution is 0.461. The molecular formula is C16H18N2OS. The number of rotatable bonds is 3. The van der Waals surface area contributed by atoms with Gasteiger partial charge in [-0.25, -0.2) is 4.98 Å². The second-order valence-corrected chi connectivity index (χ2v) is 6.04. The lowest BCUT2D eigenvalue weighted by Gasteiger charge is -2.19. The van der Waals surface area contributed by atoms with Gasteiger partial charge >= 0.3 is 0 Å². The minimum absolute atomic E-state index is 0.119. The zero-order valence-electron chi connectivity index (χ0n) is 11.9. The molecule has 1 heterocycles. The predicted molar refractivity (Wildman–Crippen MR) is 85.3 cm³/mol. The normalized spacial score (nSPS) is 11.2. The Morgan fingerprint density at radius 2 is 1.80 bits per heavy atom. The van der Waals surface area contributed by atoms with E-state index in [1.54, 1.807) is 18.3 Å². The molecule has 0 aliphatic heterocycles. The molecule has 0 spiro atoms. The van der Waals surface area contributed by atoms with Gasteiger partial charge in [-0.05, 0) is 35.2 Å². The maximum Gasteiger partial charge on any atom is 0.229 e. The van der Waals surface area contributed by atoms with Crippen molar-refractivity contribution in [3.05, 3.63) is 53.7 Å². The third-order valence-corrected chi connectivity index (χ3v) is 3.19. The number of nitrogens with zero attached hydrogens (tertiary/aromatic N) is 1. The Hall–Kier alpha value is -1.94. The number of pyridine rings is 1. The van der Waals surface area contributed by atoms with Crippen LogP contribution in [0, 0.1) is 0 Å². The molecule has 2 N–H and O–H groups in total. The Morgan fingerprint density at radius 3 is 2.35 bits per heavy atom. The van der Waals surface area contributed by atoms with Gasteiger partial charge in [-0.2, -0.15) is 0 Å². The van der Waals surface area contributed by atoms with Crippen molar-refractivity contribution in [1.29, 1.82) is 0 Å². The van der Waals surface area contributed by atoms with E-state index >= 15 is 0 Å². The van der Waals surface area contributed by atoms with Gasteiger partial charge in [0.05, 0.1) is 5.56 Å². The van der Waals surface area contributed by atoms with Crippen LogP contribution in [0.4, 0.5) is 0 Å². The maximum absolute atomic E-state index is 5.76. The number of nitrogens with two attached hydrogens (primary N) is 1. The Balaban J connectivity index is 2.25. The first-order valence-corrected chi connectivity index (χ1v) is 6.82. The highest BCUT2D eigenvalue weighted by Gasteiger charge is 2.14. The molecule has 2 aromatic rings. The summed E-state index contributed by atoms with van der Waals surface area (Å²) in [6, 6.07) is 11.5. The molecule has 0 saturated carbocycles. The summed E-state index contributed by atoms with van der Waals surface area (Å²) in [7, 11) is 0. The van der Waals surface area contributed by atoms with Gasteiger partial charge in [0.2, 0.25) is 5.88 Å². The van der Waals surface area contributed by atoms with Gasteiger partial charge in [0.1, 0.15) is 10.7 Å². The van der Waals surface area contributed by atoms with Gasteiger partial charge in [0, 0.05) is 6.20 Å². The molecule has 4 heteroatoms. The van der Waals surface area contributed by atoms with E-state index in [2.05, 4.69) is 37.9 Å². The highest BCUT2D eigenvalue weighted by Crippen LogP contribution is 2.27. The Morgan fingerprint density at radius 1 is 1.15 bits per heavy atom. The monoisotopic (exact) mass is 286 g/mol. The molecule has 0 unspecified atom stereocenters. The zero-order chi connectivity index (χ0) is 14.8. The Kier molecular flexibility index (Phi) is 4.04. The second-order valence-electron chi connectivity index (χ2n) is 5.60. The van der Waals surface area contributed by atoms with Crippen LogP contribution < -0.4 is 10.5 Å². The van der Waals surface area contributed by atoms with Crippen LogP contribution in [0.25, 0.3) is 0 Å². The number of hydrogen-bond acceptors (Lipinski definition) is 3. The molecule has 0 aliphatic rings. The van der Waals surface area contributed by atoms with E-state index in [9.17, 15) is 0 Å². The summed E-state index contributed by atoms with van der Waals surface area (Å²) in [4.78, 5) is 4.45. The fraction of sp³-hybridized carbons (Fsp3) is 0.250. The van der Waals surface area contributed by atoms with Crippen molar-refractivity contribution in [2.24, 2.45) is 5.73 Å². The first-order valence-electron chi connectivity index (χ1n) is 6.41.